The summed E-state index contributed by atoms with van der Waals surface area (Å²) in [5.74, 6) is 0.820. The van der Waals surface area contributed by atoms with Crippen LogP contribution in [0.1, 0.15) is 11.4 Å². The van der Waals surface area contributed by atoms with Crippen molar-refractivity contribution in [2.45, 2.75) is 6.42 Å². The van der Waals surface area contributed by atoms with Crippen molar-refractivity contribution in [1.29, 1.82) is 0 Å². The molecule has 0 unspecified atom stereocenters. The van der Waals surface area contributed by atoms with Gasteiger partial charge in [0.15, 0.2) is 11.5 Å². The maximum absolute atomic E-state index is 4.74. The third kappa shape index (κ3) is 2.59. The van der Waals surface area contributed by atoms with E-state index in [2.05, 4.69) is 45.5 Å². The second-order valence-corrected chi connectivity index (χ2v) is 6.18. The van der Waals surface area contributed by atoms with Crippen LogP contribution in [0.3, 0.4) is 0 Å². The minimum atomic E-state index is 0.664. The number of pyridine rings is 1. The van der Waals surface area contributed by atoms with Crippen LogP contribution in [0.4, 0.5) is 0 Å². The number of fused-ring (bicyclic) bond motifs is 2. The fraction of sp³-hybridized carbons (Fsp3) is 0.0476. The summed E-state index contributed by atoms with van der Waals surface area (Å²) >= 11 is 0. The second-order valence-electron chi connectivity index (χ2n) is 6.18. The number of benzene rings is 2. The number of rotatable bonds is 3. The molecule has 0 aliphatic carbocycles. The molecular formula is C21H15N5. The van der Waals surface area contributed by atoms with Crippen molar-refractivity contribution < 1.29 is 0 Å². The molecule has 0 bridgehead atoms. The third-order valence-corrected chi connectivity index (χ3v) is 4.43. The zero-order valence-electron chi connectivity index (χ0n) is 13.9. The Balaban J connectivity index is 1.55. The van der Waals surface area contributed by atoms with Crippen LogP contribution in [0.2, 0.25) is 0 Å². The molecule has 0 radical (unpaired) electrons. The average molecular weight is 337 g/mol. The van der Waals surface area contributed by atoms with Gasteiger partial charge in [0.1, 0.15) is 0 Å². The van der Waals surface area contributed by atoms with Crippen molar-refractivity contribution >= 4 is 16.6 Å². The van der Waals surface area contributed by atoms with E-state index in [1.807, 2.05) is 53.2 Å². The Morgan fingerprint density at radius 1 is 0.808 bits per heavy atom. The van der Waals surface area contributed by atoms with E-state index >= 15 is 0 Å². The van der Waals surface area contributed by atoms with Gasteiger partial charge in [-0.2, -0.15) is 9.61 Å². The molecule has 2 aromatic carbocycles. The van der Waals surface area contributed by atoms with Crippen molar-refractivity contribution in [3.8, 4) is 11.3 Å². The van der Waals surface area contributed by atoms with Crippen LogP contribution >= 0.6 is 0 Å². The fourth-order valence-electron chi connectivity index (χ4n) is 3.12. The molecule has 0 spiro atoms. The van der Waals surface area contributed by atoms with Gasteiger partial charge in [0.25, 0.3) is 0 Å². The predicted molar refractivity (Wildman–Crippen MR) is 101 cm³/mol. The third-order valence-electron chi connectivity index (χ3n) is 4.43. The average Bonchev–Trinajstić information content (AvgIpc) is 3.10. The van der Waals surface area contributed by atoms with Crippen LogP contribution in [0.5, 0.6) is 0 Å². The molecule has 0 aliphatic heterocycles. The SMILES string of the molecule is c1ccc(-c2ccc3nnc(Cc4ccc5ncccc5c4)n3n2)cc1. The molecular weight excluding hydrogens is 322 g/mol. The summed E-state index contributed by atoms with van der Waals surface area (Å²) in [5.41, 5.74) is 4.88. The largest absolute Gasteiger partial charge is 0.256 e. The number of hydrogen-bond acceptors (Lipinski definition) is 4. The maximum Gasteiger partial charge on any atom is 0.177 e. The molecule has 0 N–H and O–H groups in total. The van der Waals surface area contributed by atoms with Gasteiger partial charge in [0.05, 0.1) is 11.2 Å². The van der Waals surface area contributed by atoms with Crippen LogP contribution in [0.25, 0.3) is 27.8 Å². The summed E-state index contributed by atoms with van der Waals surface area (Å²) in [6.07, 6.45) is 2.47. The molecule has 0 saturated carbocycles. The number of nitrogens with zero attached hydrogens (tertiary/aromatic N) is 5. The standard InChI is InChI=1S/C21H15N5/c1-2-5-16(6-3-1)19-10-11-20-23-24-21(26(20)25-19)14-15-8-9-18-17(13-15)7-4-12-22-18/h1-13H,14H2. The Bertz CT molecular complexity index is 1210. The fourth-order valence-corrected chi connectivity index (χ4v) is 3.12. The second kappa shape index (κ2) is 6.04. The summed E-state index contributed by atoms with van der Waals surface area (Å²) in [5, 5.41) is 14.5. The zero-order valence-corrected chi connectivity index (χ0v) is 13.9. The molecule has 0 aliphatic rings. The van der Waals surface area contributed by atoms with E-state index in [1.165, 1.54) is 0 Å². The highest BCUT2D eigenvalue weighted by atomic mass is 15.4. The summed E-state index contributed by atoms with van der Waals surface area (Å²) in [6.45, 7) is 0. The number of aromatic nitrogens is 5. The normalized spacial score (nSPS) is 11.2. The lowest BCUT2D eigenvalue weighted by atomic mass is 10.1. The Morgan fingerprint density at radius 3 is 2.65 bits per heavy atom. The van der Waals surface area contributed by atoms with Crippen LogP contribution < -0.4 is 0 Å². The quantitative estimate of drug-likeness (QED) is 0.500. The van der Waals surface area contributed by atoms with E-state index < -0.39 is 0 Å². The Morgan fingerprint density at radius 2 is 1.73 bits per heavy atom. The predicted octanol–water partition coefficient (Wildman–Crippen LogP) is 3.93. The highest BCUT2D eigenvalue weighted by Gasteiger charge is 2.10. The topological polar surface area (TPSA) is 56.0 Å². The van der Waals surface area contributed by atoms with Gasteiger partial charge in [-0.1, -0.05) is 42.5 Å². The first-order valence-corrected chi connectivity index (χ1v) is 8.47. The molecule has 0 fully saturated rings. The highest BCUT2D eigenvalue weighted by Crippen LogP contribution is 2.19. The van der Waals surface area contributed by atoms with Gasteiger partial charge in [-0.3, -0.25) is 4.98 Å². The van der Waals surface area contributed by atoms with Crippen molar-refractivity contribution in [2.75, 3.05) is 0 Å². The molecule has 3 aromatic heterocycles. The van der Waals surface area contributed by atoms with Gasteiger partial charge in [-0.05, 0) is 35.9 Å². The van der Waals surface area contributed by atoms with Gasteiger partial charge in [0, 0.05) is 23.6 Å². The molecule has 0 amide bonds. The van der Waals surface area contributed by atoms with E-state index in [0.29, 0.717) is 6.42 Å². The van der Waals surface area contributed by atoms with E-state index in [0.717, 1.165) is 39.2 Å². The summed E-state index contributed by atoms with van der Waals surface area (Å²) in [6, 6.07) is 24.3. The zero-order chi connectivity index (χ0) is 17.3. The van der Waals surface area contributed by atoms with Crippen molar-refractivity contribution in [3.05, 3.63) is 90.4 Å². The van der Waals surface area contributed by atoms with Gasteiger partial charge in [-0.15, -0.1) is 10.2 Å². The molecule has 5 aromatic rings. The highest BCUT2D eigenvalue weighted by molar-refractivity contribution is 5.79. The molecule has 3 heterocycles. The van der Waals surface area contributed by atoms with Crippen molar-refractivity contribution in [1.82, 2.24) is 24.8 Å². The van der Waals surface area contributed by atoms with Gasteiger partial charge >= 0.3 is 0 Å². The van der Waals surface area contributed by atoms with E-state index in [4.69, 9.17) is 5.10 Å². The van der Waals surface area contributed by atoms with E-state index in [9.17, 15) is 0 Å². The van der Waals surface area contributed by atoms with Gasteiger partial charge in [0.2, 0.25) is 0 Å². The summed E-state index contributed by atoms with van der Waals surface area (Å²) < 4.78 is 1.83. The minimum absolute atomic E-state index is 0.664. The van der Waals surface area contributed by atoms with Crippen LogP contribution in [-0.2, 0) is 6.42 Å². The number of hydrogen-bond donors (Lipinski definition) is 0. The van der Waals surface area contributed by atoms with E-state index in [-0.39, 0.29) is 0 Å². The molecule has 5 heteroatoms. The van der Waals surface area contributed by atoms with Gasteiger partial charge in [-0.25, -0.2) is 0 Å². The molecule has 26 heavy (non-hydrogen) atoms. The summed E-state index contributed by atoms with van der Waals surface area (Å²) in [4.78, 5) is 4.37. The Labute approximate surface area is 150 Å². The van der Waals surface area contributed by atoms with Crippen molar-refractivity contribution in [3.63, 3.8) is 0 Å². The van der Waals surface area contributed by atoms with Crippen LogP contribution in [0.15, 0.2) is 79.0 Å². The molecule has 5 nitrogen and oxygen atoms in total. The van der Waals surface area contributed by atoms with E-state index in [1.54, 1.807) is 0 Å². The minimum Gasteiger partial charge on any atom is -0.256 e. The molecule has 124 valence electrons. The molecule has 0 saturated heterocycles. The lowest BCUT2D eigenvalue weighted by molar-refractivity contribution is 0.842. The van der Waals surface area contributed by atoms with Crippen LogP contribution in [-0.4, -0.2) is 24.8 Å². The Hall–Kier alpha value is -3.60. The molecule has 0 atom stereocenters. The van der Waals surface area contributed by atoms with Crippen molar-refractivity contribution in [2.24, 2.45) is 0 Å². The lowest BCUT2D eigenvalue weighted by Gasteiger charge is -2.04. The summed E-state index contributed by atoms with van der Waals surface area (Å²) in [7, 11) is 0. The first-order chi connectivity index (χ1) is 12.9. The van der Waals surface area contributed by atoms with Gasteiger partial charge < -0.3 is 0 Å². The first-order valence-electron chi connectivity index (χ1n) is 8.47. The van der Waals surface area contributed by atoms with Crippen LogP contribution in [0, 0.1) is 0 Å². The first kappa shape index (κ1) is 14.7. The Kier molecular flexibility index (Phi) is 3.42. The monoisotopic (exact) mass is 337 g/mol. The molecule has 5 rings (SSSR count). The smallest absolute Gasteiger partial charge is 0.177 e. The lowest BCUT2D eigenvalue weighted by Crippen LogP contribution is -2.01. The maximum atomic E-state index is 4.74.